The Labute approximate surface area is 469 Å². The number of hydrogen-bond donors (Lipinski definition) is 5. The number of rotatable bonds is 18. The van der Waals surface area contributed by atoms with E-state index in [-0.39, 0.29) is 96.1 Å². The van der Waals surface area contributed by atoms with Gasteiger partial charge in [0.25, 0.3) is 0 Å². The number of carbonyl (C=O) groups excluding carboxylic acids is 3. The Morgan fingerprint density at radius 2 is 1.77 bits per heavy atom. The molecule has 4 aliphatic heterocycles. The zero-order chi connectivity index (χ0) is 57.1. The summed E-state index contributed by atoms with van der Waals surface area (Å²) in [4.78, 5) is 69.0. The highest BCUT2D eigenvalue weighted by Crippen LogP contribution is 2.40. The summed E-state index contributed by atoms with van der Waals surface area (Å²) in [5.41, 5.74) is 1.97. The van der Waals surface area contributed by atoms with Gasteiger partial charge in [0.2, 0.25) is 23.4 Å². The SMILES string of the molecule is [C-]#[N+]c1cnccc1-c1ccc([C@H](C)NC(=O)[C@@H]2C[C@@H](O)CN2C(=O)[C@@H](NC(=O)CCOCCCN2CCC[C@H]2COc2nc(N3CC4CCC(C3)N4)c3cnc(-c4cc(O)cc5ccc(F)c(C#C)c45)c(F)c3n2)C(C)(C)C)cc1. The van der Waals surface area contributed by atoms with Crippen molar-refractivity contribution in [3.8, 4) is 46.5 Å². The van der Waals surface area contributed by atoms with Crippen molar-refractivity contribution in [2.24, 2.45) is 5.41 Å². The number of aliphatic hydroxyl groups is 1. The summed E-state index contributed by atoms with van der Waals surface area (Å²) in [6, 6.07) is 12.9. The monoisotopic (exact) mass is 1100 g/mol. The Hall–Kier alpha value is -7.88. The first-order valence-electron chi connectivity index (χ1n) is 27.7. The predicted octanol–water partition coefficient (Wildman–Crippen LogP) is 7.37. The fourth-order valence-corrected chi connectivity index (χ4v) is 11.8. The van der Waals surface area contributed by atoms with Gasteiger partial charge < -0.3 is 45.4 Å². The van der Waals surface area contributed by atoms with Crippen LogP contribution in [0.1, 0.15) is 89.8 Å². The van der Waals surface area contributed by atoms with E-state index >= 15 is 8.78 Å². The van der Waals surface area contributed by atoms with Gasteiger partial charge in [0.05, 0.1) is 36.3 Å². The van der Waals surface area contributed by atoms with Gasteiger partial charge in [-0.1, -0.05) is 57.0 Å². The Morgan fingerprint density at radius 1 is 0.988 bits per heavy atom. The number of aromatic hydroxyl groups is 1. The standard InChI is InChI=1S/C61H67F2N11O7/c1-7-44-48(62)18-15-38-26-42(75)27-46(52(38)44)54-53(63)55-47(29-66-54)57(73-31-39-16-17-40(32-73)68-39)71-60(70-55)81-34-41-10-8-22-72(41)23-9-24-80-25-20-51(77)69-56(61(3,4)5)59(79)74-33-43(76)28-50(74)58(78)67-35(2)36-11-13-37(14-12-36)45-19-21-65-30-49(45)64-6/h1,11-15,18-19,21,26-27,29-30,35,39-41,43,50,56,68,75-76H,8-10,16-17,20,22-25,28,31-34H2,2-5H3,(H,67,78)(H,69,77)/t35-,39?,40?,41-,43+,50-,56+/m0/s1. The van der Waals surface area contributed by atoms with Gasteiger partial charge in [-0.3, -0.25) is 29.3 Å². The highest BCUT2D eigenvalue weighted by molar-refractivity contribution is 6.03. The number of likely N-dealkylation sites (tertiary alicyclic amines) is 2. The molecule has 422 valence electrons. The van der Waals surface area contributed by atoms with E-state index in [1.165, 1.54) is 41.6 Å². The zero-order valence-corrected chi connectivity index (χ0v) is 45.9. The van der Waals surface area contributed by atoms with Gasteiger partial charge in [-0.2, -0.15) is 9.97 Å². The van der Waals surface area contributed by atoms with E-state index in [1.54, 1.807) is 12.3 Å². The molecule has 10 rings (SSSR count). The number of ether oxygens (including phenoxy) is 2. The molecule has 7 atom stereocenters. The molecule has 2 unspecified atom stereocenters. The summed E-state index contributed by atoms with van der Waals surface area (Å²) >= 11 is 0. The number of hydrogen-bond acceptors (Lipinski definition) is 14. The number of aliphatic hydroxyl groups excluding tert-OH is 1. The number of terminal acetylenes is 1. The number of benzene rings is 3. The average Bonchev–Trinajstić information content (AvgIpc) is 4.24. The molecule has 4 saturated heterocycles. The van der Waals surface area contributed by atoms with Crippen molar-refractivity contribution < 1.29 is 42.9 Å². The van der Waals surface area contributed by atoms with Crippen molar-refractivity contribution >= 4 is 50.9 Å². The quantitative estimate of drug-likeness (QED) is 0.0323. The van der Waals surface area contributed by atoms with Crippen molar-refractivity contribution in [3.63, 3.8) is 0 Å². The zero-order valence-electron chi connectivity index (χ0n) is 45.9. The Balaban J connectivity index is 0.732. The molecule has 7 heterocycles. The minimum absolute atomic E-state index is 0.000700. The number of amides is 3. The van der Waals surface area contributed by atoms with Crippen LogP contribution < -0.4 is 25.6 Å². The molecule has 2 bridgehead atoms. The number of phenolic OH excluding ortho intramolecular Hbond substituents is 1. The molecule has 0 saturated carbocycles. The topological polar surface area (TPSA) is 212 Å². The third-order valence-electron chi connectivity index (χ3n) is 16.0. The third-order valence-corrected chi connectivity index (χ3v) is 16.0. The largest absolute Gasteiger partial charge is 0.508 e. The van der Waals surface area contributed by atoms with Crippen LogP contribution in [0.5, 0.6) is 11.8 Å². The Kier molecular flexibility index (Phi) is 16.8. The van der Waals surface area contributed by atoms with Gasteiger partial charge in [0.1, 0.15) is 47.3 Å². The molecule has 0 spiro atoms. The third kappa shape index (κ3) is 12.3. The van der Waals surface area contributed by atoms with E-state index < -0.39 is 53.1 Å². The van der Waals surface area contributed by atoms with Crippen molar-refractivity contribution in [2.45, 2.75) is 115 Å². The van der Waals surface area contributed by atoms with Crippen LogP contribution in [0, 0.1) is 36.0 Å². The van der Waals surface area contributed by atoms with Crippen LogP contribution in [0.25, 0.3) is 48.9 Å². The van der Waals surface area contributed by atoms with E-state index in [0.717, 1.165) is 48.9 Å². The fourth-order valence-electron chi connectivity index (χ4n) is 11.8. The maximum Gasteiger partial charge on any atom is 0.319 e. The van der Waals surface area contributed by atoms with Crippen LogP contribution >= 0.6 is 0 Å². The normalized spacial score (nSPS) is 20.7. The molecule has 81 heavy (non-hydrogen) atoms. The minimum Gasteiger partial charge on any atom is -0.508 e. The molecule has 3 aromatic carbocycles. The molecule has 0 radical (unpaired) electrons. The lowest BCUT2D eigenvalue weighted by molar-refractivity contribution is -0.144. The van der Waals surface area contributed by atoms with Gasteiger partial charge in [0, 0.05) is 93.3 Å². The van der Waals surface area contributed by atoms with Crippen LogP contribution in [0.2, 0.25) is 0 Å². The second kappa shape index (κ2) is 24.1. The van der Waals surface area contributed by atoms with Gasteiger partial charge in [-0.05, 0) is 97.3 Å². The number of anilines is 1. The number of β-amino-alcohol motifs (C(OH)–C–C–N with tert-alkyl or cyclic N) is 1. The lowest BCUT2D eigenvalue weighted by atomic mass is 9.85. The molecule has 3 aromatic heterocycles. The van der Waals surface area contributed by atoms with Gasteiger partial charge in [-0.25, -0.2) is 13.6 Å². The number of halogens is 2. The molecule has 6 aromatic rings. The molecule has 18 nitrogen and oxygen atoms in total. The number of fused-ring (bicyclic) bond motifs is 4. The molecule has 20 heteroatoms. The van der Waals surface area contributed by atoms with Crippen LogP contribution in [0.3, 0.4) is 0 Å². The van der Waals surface area contributed by atoms with Crippen LogP contribution in [0.4, 0.5) is 20.3 Å². The van der Waals surface area contributed by atoms with Crippen molar-refractivity contribution in [3.05, 3.63) is 107 Å². The highest BCUT2D eigenvalue weighted by Gasteiger charge is 2.45. The van der Waals surface area contributed by atoms with Crippen molar-refractivity contribution in [1.82, 2.24) is 45.7 Å². The van der Waals surface area contributed by atoms with Gasteiger partial charge >= 0.3 is 6.01 Å². The molecular weight excluding hydrogens is 1040 g/mol. The fraction of sp³-hybridized carbons (Fsp3) is 0.443. The van der Waals surface area contributed by atoms with Gasteiger partial charge in [0.15, 0.2) is 5.82 Å². The average molecular weight is 1100 g/mol. The first kappa shape index (κ1) is 56.4. The number of phenols is 1. The maximum absolute atomic E-state index is 17.1. The van der Waals surface area contributed by atoms with Crippen LogP contribution in [0.15, 0.2) is 73.2 Å². The van der Waals surface area contributed by atoms with Gasteiger partial charge in [-0.15, -0.1) is 6.42 Å². The van der Waals surface area contributed by atoms with Crippen LogP contribution in [-0.4, -0.2) is 147 Å². The van der Waals surface area contributed by atoms with E-state index in [1.807, 2.05) is 52.0 Å². The number of carbonyl (C=O) groups is 3. The summed E-state index contributed by atoms with van der Waals surface area (Å²) in [5, 5.41) is 32.1. The summed E-state index contributed by atoms with van der Waals surface area (Å²) < 4.78 is 44.5. The molecule has 4 aliphatic rings. The second-order valence-electron chi connectivity index (χ2n) is 22.7. The maximum atomic E-state index is 17.1. The van der Waals surface area contributed by atoms with E-state index in [2.05, 4.69) is 51.5 Å². The summed E-state index contributed by atoms with van der Waals surface area (Å²) in [5.74, 6) is 0.0160. The predicted molar refractivity (Wildman–Crippen MR) is 302 cm³/mol. The Bertz CT molecular complexity index is 3430. The lowest BCUT2D eigenvalue weighted by Crippen LogP contribution is -2.58. The number of nitrogens with one attached hydrogen (secondary N) is 3. The second-order valence-corrected chi connectivity index (χ2v) is 22.7. The number of nitrogens with zero attached hydrogens (tertiary/aromatic N) is 8. The van der Waals surface area contributed by atoms with E-state index in [9.17, 15) is 24.6 Å². The number of aromatic nitrogens is 4. The molecule has 3 amide bonds. The lowest BCUT2D eigenvalue weighted by Gasteiger charge is -2.35. The molecule has 4 fully saturated rings. The highest BCUT2D eigenvalue weighted by atomic mass is 19.1. The molecule has 5 N–H and O–H groups in total. The first-order valence-corrected chi connectivity index (χ1v) is 27.7. The van der Waals surface area contributed by atoms with Crippen molar-refractivity contribution in [1.29, 1.82) is 0 Å². The minimum atomic E-state index is -0.990. The number of pyridine rings is 2. The van der Waals surface area contributed by atoms with E-state index in [4.69, 9.17) is 27.5 Å². The summed E-state index contributed by atoms with van der Waals surface area (Å²) in [6.45, 7) is 18.3. The van der Waals surface area contributed by atoms with Crippen molar-refractivity contribution in [2.75, 3.05) is 57.4 Å². The number of piperazine rings is 1. The smallest absolute Gasteiger partial charge is 0.319 e. The summed E-state index contributed by atoms with van der Waals surface area (Å²) in [6.07, 6.45) is 14.0. The molecule has 0 aliphatic carbocycles. The van der Waals surface area contributed by atoms with E-state index in [0.29, 0.717) is 54.9 Å². The Morgan fingerprint density at radius 3 is 2.51 bits per heavy atom. The first-order chi connectivity index (χ1) is 39.0. The van der Waals surface area contributed by atoms with Crippen LogP contribution in [-0.2, 0) is 19.1 Å². The summed E-state index contributed by atoms with van der Waals surface area (Å²) in [7, 11) is 0. The molecular formula is C61H67F2N11O7.